The molecule has 108 valence electrons. The number of aliphatic hydroxyl groups is 1. The molecule has 1 amide bonds. The maximum atomic E-state index is 12.4. The van der Waals surface area contributed by atoms with Gasteiger partial charge in [-0.15, -0.1) is 11.8 Å². The predicted octanol–water partition coefficient (Wildman–Crippen LogP) is 1.13. The third kappa shape index (κ3) is 1.77. The number of fused-ring (bicyclic) bond motifs is 1. The van der Waals surface area contributed by atoms with Crippen LogP contribution >= 0.6 is 27.7 Å². The van der Waals surface area contributed by atoms with Gasteiger partial charge in [-0.1, -0.05) is 15.9 Å². The van der Waals surface area contributed by atoms with Crippen molar-refractivity contribution in [3.63, 3.8) is 0 Å². The van der Waals surface area contributed by atoms with E-state index in [0.717, 1.165) is 0 Å². The van der Waals surface area contributed by atoms with E-state index in [1.807, 2.05) is 13.8 Å². The second-order valence-electron chi connectivity index (χ2n) is 5.98. The number of thioether (sulfide) groups is 1. The fourth-order valence-electron chi connectivity index (χ4n) is 2.68. The Kier molecular flexibility index (Phi) is 3.28. The van der Waals surface area contributed by atoms with Crippen molar-refractivity contribution in [1.82, 2.24) is 4.90 Å². The molecule has 0 radical (unpaired) electrons. The minimum atomic E-state index is -1.21. The highest BCUT2D eigenvalue weighted by atomic mass is 79.9. The number of hydrogen-bond donors (Lipinski definition) is 1. The molecule has 19 heavy (non-hydrogen) atoms. The Hall–Kier alpha value is -0.270. The number of rotatable bonds is 2. The minimum absolute atomic E-state index is 0.265. The molecule has 2 saturated heterocycles. The Morgan fingerprint density at radius 2 is 2.05 bits per heavy atom. The van der Waals surface area contributed by atoms with E-state index in [-0.39, 0.29) is 11.3 Å². The Labute approximate surface area is 125 Å². The van der Waals surface area contributed by atoms with Gasteiger partial charge in [0.1, 0.15) is 11.4 Å². The minimum Gasteiger partial charge on any atom is -0.467 e. The molecule has 3 atom stereocenters. The van der Waals surface area contributed by atoms with Crippen molar-refractivity contribution >= 4 is 39.6 Å². The van der Waals surface area contributed by atoms with Crippen LogP contribution in [0.15, 0.2) is 0 Å². The van der Waals surface area contributed by atoms with E-state index in [0.29, 0.717) is 0 Å². The van der Waals surface area contributed by atoms with Crippen molar-refractivity contribution < 1.29 is 19.4 Å². The summed E-state index contributed by atoms with van der Waals surface area (Å²) in [7, 11) is 1.32. The summed E-state index contributed by atoms with van der Waals surface area (Å²) in [6, 6.07) is -0.618. The number of carbonyl (C=O) groups is 2. The van der Waals surface area contributed by atoms with Gasteiger partial charge in [-0.25, -0.2) is 4.79 Å². The smallest absolute Gasteiger partial charge is 0.330 e. The third-order valence-electron chi connectivity index (χ3n) is 3.81. The van der Waals surface area contributed by atoms with Crippen molar-refractivity contribution in [2.75, 3.05) is 7.11 Å². The van der Waals surface area contributed by atoms with Gasteiger partial charge < -0.3 is 14.7 Å². The van der Waals surface area contributed by atoms with E-state index in [2.05, 4.69) is 15.9 Å². The molecular weight excluding hydrogens is 334 g/mol. The average molecular weight is 352 g/mol. The molecule has 0 aromatic heterocycles. The number of nitrogens with zero attached hydrogens (tertiary/aromatic N) is 1. The molecule has 2 aliphatic rings. The quantitative estimate of drug-likeness (QED) is 0.458. The lowest BCUT2D eigenvalue weighted by molar-refractivity contribution is -0.170. The van der Waals surface area contributed by atoms with Crippen LogP contribution in [-0.2, 0) is 14.3 Å². The van der Waals surface area contributed by atoms with Crippen molar-refractivity contribution in [3.8, 4) is 0 Å². The summed E-state index contributed by atoms with van der Waals surface area (Å²) in [6.07, 6.45) is 0. The molecule has 2 heterocycles. The number of alkyl halides is 1. The molecule has 0 aliphatic carbocycles. The lowest BCUT2D eigenvalue weighted by Crippen LogP contribution is -2.77. The molecule has 2 fully saturated rings. The zero-order chi connectivity index (χ0) is 14.8. The van der Waals surface area contributed by atoms with E-state index in [9.17, 15) is 14.7 Å². The summed E-state index contributed by atoms with van der Waals surface area (Å²) < 4.78 is 3.30. The van der Waals surface area contributed by atoms with Crippen LogP contribution < -0.4 is 0 Å². The van der Waals surface area contributed by atoms with Crippen molar-refractivity contribution in [2.24, 2.45) is 0 Å². The Balaban J connectivity index is 2.40. The SMILES string of the molecule is COC(=O)[C@@H]1N2C(=O)[C@@](Br)(C(C)(C)O)[C@H]2SC1(C)C. The van der Waals surface area contributed by atoms with Gasteiger partial charge in [0.2, 0.25) is 5.91 Å². The van der Waals surface area contributed by atoms with E-state index in [4.69, 9.17) is 4.74 Å². The largest absolute Gasteiger partial charge is 0.467 e. The summed E-state index contributed by atoms with van der Waals surface area (Å²) in [6.45, 7) is 7.00. The summed E-state index contributed by atoms with van der Waals surface area (Å²) in [5.74, 6) is -0.683. The lowest BCUT2D eigenvalue weighted by Gasteiger charge is -2.54. The second-order valence-corrected chi connectivity index (χ2v) is 8.97. The summed E-state index contributed by atoms with van der Waals surface area (Å²) >= 11 is 4.90. The van der Waals surface area contributed by atoms with Gasteiger partial charge in [0.15, 0.2) is 4.32 Å². The molecule has 7 heteroatoms. The zero-order valence-corrected chi connectivity index (χ0v) is 14.0. The Morgan fingerprint density at radius 1 is 1.53 bits per heavy atom. The van der Waals surface area contributed by atoms with Gasteiger partial charge in [0.05, 0.1) is 12.7 Å². The number of β-lactam (4-membered cyclic amide) rings is 1. The van der Waals surface area contributed by atoms with E-state index < -0.39 is 26.7 Å². The van der Waals surface area contributed by atoms with Crippen molar-refractivity contribution in [2.45, 2.75) is 53.8 Å². The van der Waals surface area contributed by atoms with Gasteiger partial charge in [-0.3, -0.25) is 4.79 Å². The number of halogens is 1. The number of methoxy groups -OCH3 is 1. The first-order chi connectivity index (χ1) is 8.48. The number of hydrogen-bond acceptors (Lipinski definition) is 5. The van der Waals surface area contributed by atoms with Gasteiger partial charge in [0, 0.05) is 4.75 Å². The first kappa shape index (κ1) is 15.1. The second kappa shape index (κ2) is 4.11. The highest BCUT2D eigenvalue weighted by Crippen LogP contribution is 2.61. The molecule has 0 aromatic rings. The molecule has 0 unspecified atom stereocenters. The Morgan fingerprint density at radius 3 is 2.47 bits per heavy atom. The lowest BCUT2D eigenvalue weighted by atomic mass is 9.81. The molecule has 0 bridgehead atoms. The fraction of sp³-hybridized carbons (Fsp3) is 0.833. The van der Waals surface area contributed by atoms with Crippen LogP contribution in [0.1, 0.15) is 27.7 Å². The number of carbonyl (C=O) groups excluding carboxylic acids is 2. The molecule has 1 N–H and O–H groups in total. The van der Waals surface area contributed by atoms with Crippen LogP contribution in [0.5, 0.6) is 0 Å². The van der Waals surface area contributed by atoms with Gasteiger partial charge in [-0.2, -0.15) is 0 Å². The topological polar surface area (TPSA) is 66.8 Å². The van der Waals surface area contributed by atoms with Gasteiger partial charge in [-0.05, 0) is 27.7 Å². The molecule has 0 spiro atoms. The molecule has 5 nitrogen and oxygen atoms in total. The maximum Gasteiger partial charge on any atom is 0.330 e. The summed E-state index contributed by atoms with van der Waals surface area (Å²) in [5, 5.41) is 9.96. The van der Waals surface area contributed by atoms with E-state index in [1.165, 1.54) is 23.8 Å². The zero-order valence-electron chi connectivity index (χ0n) is 11.6. The summed E-state index contributed by atoms with van der Waals surface area (Å²) in [4.78, 5) is 25.9. The number of esters is 1. The maximum absolute atomic E-state index is 12.4. The van der Waals surface area contributed by atoms with Gasteiger partial charge in [0.25, 0.3) is 0 Å². The van der Waals surface area contributed by atoms with Gasteiger partial charge >= 0.3 is 5.97 Å². The number of ether oxygens (including phenoxy) is 1. The normalized spacial score (nSPS) is 36.8. The summed E-state index contributed by atoms with van der Waals surface area (Å²) in [5.41, 5.74) is -1.21. The van der Waals surface area contributed by atoms with Crippen LogP contribution in [0, 0.1) is 0 Å². The number of amides is 1. The van der Waals surface area contributed by atoms with Crippen molar-refractivity contribution in [1.29, 1.82) is 0 Å². The third-order valence-corrected chi connectivity index (χ3v) is 7.49. The molecular formula is C12H18BrNO4S. The molecule has 2 rings (SSSR count). The standard InChI is InChI=1S/C12H18BrNO4S/c1-10(2)6(7(15)18-5)14-8(16)12(13,9(14)19-10)11(3,4)17/h6,9,17H,1-5H3/t6-,9+,12-/m0/s1. The van der Waals surface area contributed by atoms with Crippen LogP contribution in [0.25, 0.3) is 0 Å². The van der Waals surface area contributed by atoms with Crippen LogP contribution in [0.3, 0.4) is 0 Å². The fourth-order valence-corrected chi connectivity index (χ4v) is 5.18. The first-order valence-corrected chi connectivity index (χ1v) is 7.65. The Bertz CT molecular complexity index is 448. The van der Waals surface area contributed by atoms with Crippen LogP contribution in [-0.4, -0.2) is 55.1 Å². The van der Waals surface area contributed by atoms with Crippen LogP contribution in [0.2, 0.25) is 0 Å². The first-order valence-electron chi connectivity index (χ1n) is 5.98. The molecule has 0 aromatic carbocycles. The van der Waals surface area contributed by atoms with Crippen LogP contribution in [0.4, 0.5) is 0 Å². The highest BCUT2D eigenvalue weighted by molar-refractivity contribution is 9.10. The highest BCUT2D eigenvalue weighted by Gasteiger charge is 2.74. The molecule has 0 saturated carbocycles. The average Bonchev–Trinajstić information content (AvgIpc) is 2.55. The monoisotopic (exact) mass is 351 g/mol. The van der Waals surface area contributed by atoms with E-state index >= 15 is 0 Å². The van der Waals surface area contributed by atoms with Crippen molar-refractivity contribution in [3.05, 3.63) is 0 Å². The molecule has 2 aliphatic heterocycles. The van der Waals surface area contributed by atoms with E-state index in [1.54, 1.807) is 13.8 Å². The predicted molar refractivity (Wildman–Crippen MR) is 76.1 cm³/mol.